The van der Waals surface area contributed by atoms with Crippen molar-refractivity contribution in [2.24, 2.45) is 5.92 Å². The maximum Gasteiger partial charge on any atom is 0.0882 e. The Morgan fingerprint density at radius 2 is 2.13 bits per heavy atom. The molecule has 1 aromatic rings. The molecule has 1 unspecified atom stereocenters. The molecule has 0 fully saturated rings. The van der Waals surface area contributed by atoms with Crippen LogP contribution in [0.3, 0.4) is 0 Å². The quantitative estimate of drug-likeness (QED) is 0.826. The summed E-state index contributed by atoms with van der Waals surface area (Å²) in [6.45, 7) is 4.42. The first-order valence-electron chi connectivity index (χ1n) is 5.96. The van der Waals surface area contributed by atoms with Crippen LogP contribution in [0.15, 0.2) is 6.07 Å². The zero-order chi connectivity index (χ0) is 10.8. The summed E-state index contributed by atoms with van der Waals surface area (Å²) in [7, 11) is 0. The van der Waals surface area contributed by atoms with Crippen LogP contribution >= 0.6 is 11.3 Å². The number of aryl methyl sites for hydroxylation is 2. The van der Waals surface area contributed by atoms with Gasteiger partial charge in [0.15, 0.2) is 0 Å². The lowest BCUT2D eigenvalue weighted by Crippen LogP contribution is -1.97. The lowest BCUT2D eigenvalue weighted by atomic mass is 10.0. The Balaban J connectivity index is 1.97. The minimum Gasteiger partial charge on any atom is -0.388 e. The van der Waals surface area contributed by atoms with Crippen molar-refractivity contribution in [3.05, 3.63) is 21.4 Å². The fourth-order valence-electron chi connectivity index (χ4n) is 2.15. The minimum absolute atomic E-state index is 0.219. The van der Waals surface area contributed by atoms with Gasteiger partial charge in [-0.1, -0.05) is 13.8 Å². The first-order valence-corrected chi connectivity index (χ1v) is 6.78. The lowest BCUT2D eigenvalue weighted by Gasteiger charge is -2.10. The molecule has 0 saturated carbocycles. The Bertz CT molecular complexity index is 306. The van der Waals surface area contributed by atoms with E-state index in [0.717, 1.165) is 12.8 Å². The van der Waals surface area contributed by atoms with Crippen molar-refractivity contribution in [2.75, 3.05) is 0 Å². The van der Waals surface area contributed by atoms with Gasteiger partial charge >= 0.3 is 0 Å². The summed E-state index contributed by atoms with van der Waals surface area (Å²) < 4.78 is 0. The molecule has 84 valence electrons. The maximum absolute atomic E-state index is 10.0. The van der Waals surface area contributed by atoms with Crippen LogP contribution in [0.1, 0.15) is 54.5 Å². The Hall–Kier alpha value is -0.340. The Morgan fingerprint density at radius 3 is 2.80 bits per heavy atom. The van der Waals surface area contributed by atoms with Gasteiger partial charge in [-0.3, -0.25) is 0 Å². The second-order valence-electron chi connectivity index (χ2n) is 4.94. The molecule has 1 nitrogen and oxygen atoms in total. The first-order chi connectivity index (χ1) is 7.16. The zero-order valence-electron chi connectivity index (χ0n) is 9.62. The van der Waals surface area contributed by atoms with Gasteiger partial charge in [0.1, 0.15) is 0 Å². The maximum atomic E-state index is 10.0. The summed E-state index contributed by atoms with van der Waals surface area (Å²) in [5, 5.41) is 10.0. The number of aliphatic hydroxyl groups is 1. The Kier molecular flexibility index (Phi) is 3.47. The second-order valence-corrected chi connectivity index (χ2v) is 6.11. The van der Waals surface area contributed by atoms with Crippen molar-refractivity contribution < 1.29 is 5.11 Å². The van der Waals surface area contributed by atoms with Gasteiger partial charge in [-0.05, 0) is 49.7 Å². The SMILES string of the molecule is CC(C)CCC(O)c1cc2c(s1)CCC2. The van der Waals surface area contributed by atoms with Crippen LogP contribution in [-0.4, -0.2) is 5.11 Å². The number of thiophene rings is 1. The number of hydrogen-bond acceptors (Lipinski definition) is 2. The van der Waals surface area contributed by atoms with E-state index in [-0.39, 0.29) is 6.10 Å². The summed E-state index contributed by atoms with van der Waals surface area (Å²) in [6, 6.07) is 2.23. The van der Waals surface area contributed by atoms with Crippen molar-refractivity contribution in [1.82, 2.24) is 0 Å². The van der Waals surface area contributed by atoms with E-state index in [2.05, 4.69) is 19.9 Å². The largest absolute Gasteiger partial charge is 0.388 e. The van der Waals surface area contributed by atoms with Crippen LogP contribution in [0, 0.1) is 5.92 Å². The topological polar surface area (TPSA) is 20.2 Å². The number of fused-ring (bicyclic) bond motifs is 1. The van der Waals surface area contributed by atoms with Crippen LogP contribution in [0.25, 0.3) is 0 Å². The van der Waals surface area contributed by atoms with Gasteiger partial charge in [0, 0.05) is 9.75 Å². The monoisotopic (exact) mass is 224 g/mol. The summed E-state index contributed by atoms with van der Waals surface area (Å²) in [6.07, 6.45) is 5.58. The molecule has 2 heteroatoms. The fraction of sp³-hybridized carbons (Fsp3) is 0.692. The van der Waals surface area contributed by atoms with E-state index in [9.17, 15) is 5.11 Å². The standard InChI is InChI=1S/C13H20OS/c1-9(2)6-7-11(14)13-8-10-4-3-5-12(10)15-13/h8-9,11,14H,3-7H2,1-2H3. The van der Waals surface area contributed by atoms with Gasteiger partial charge in [-0.2, -0.15) is 0 Å². The van der Waals surface area contributed by atoms with E-state index in [1.165, 1.54) is 34.6 Å². The molecule has 0 aliphatic heterocycles. The summed E-state index contributed by atoms with van der Waals surface area (Å²) in [5.74, 6) is 0.687. The van der Waals surface area contributed by atoms with Crippen molar-refractivity contribution in [3.63, 3.8) is 0 Å². The molecule has 1 aliphatic carbocycles. The molecule has 1 heterocycles. The summed E-state index contributed by atoms with van der Waals surface area (Å²) >= 11 is 1.83. The van der Waals surface area contributed by atoms with E-state index < -0.39 is 0 Å². The zero-order valence-corrected chi connectivity index (χ0v) is 10.4. The molecule has 15 heavy (non-hydrogen) atoms. The molecular formula is C13H20OS. The Labute approximate surface area is 96.1 Å². The fourth-order valence-corrected chi connectivity index (χ4v) is 3.43. The van der Waals surface area contributed by atoms with Gasteiger partial charge in [-0.15, -0.1) is 11.3 Å². The van der Waals surface area contributed by atoms with E-state index >= 15 is 0 Å². The predicted molar refractivity (Wildman–Crippen MR) is 65.4 cm³/mol. The van der Waals surface area contributed by atoms with E-state index in [1.54, 1.807) is 0 Å². The van der Waals surface area contributed by atoms with Crippen molar-refractivity contribution in [1.29, 1.82) is 0 Å². The van der Waals surface area contributed by atoms with E-state index in [4.69, 9.17) is 0 Å². The first kappa shape index (κ1) is 11.2. The second kappa shape index (κ2) is 4.67. The average Bonchev–Trinajstić information content (AvgIpc) is 2.72. The highest BCUT2D eigenvalue weighted by Crippen LogP contribution is 2.35. The summed E-state index contributed by atoms with van der Waals surface area (Å²) in [5.41, 5.74) is 1.50. The van der Waals surface area contributed by atoms with Gasteiger partial charge < -0.3 is 5.11 Å². The molecule has 0 amide bonds. The van der Waals surface area contributed by atoms with Crippen LogP contribution in [-0.2, 0) is 12.8 Å². The molecule has 0 aromatic carbocycles. The molecular weight excluding hydrogens is 204 g/mol. The third-order valence-corrected chi connectivity index (χ3v) is 4.45. The van der Waals surface area contributed by atoms with Gasteiger partial charge in [-0.25, -0.2) is 0 Å². The highest BCUT2D eigenvalue weighted by atomic mass is 32.1. The summed E-state index contributed by atoms with van der Waals surface area (Å²) in [4.78, 5) is 2.72. The molecule has 1 N–H and O–H groups in total. The molecule has 1 aliphatic rings. The molecule has 0 radical (unpaired) electrons. The van der Waals surface area contributed by atoms with Crippen LogP contribution < -0.4 is 0 Å². The number of hydrogen-bond donors (Lipinski definition) is 1. The van der Waals surface area contributed by atoms with Gasteiger partial charge in [0.2, 0.25) is 0 Å². The highest BCUT2D eigenvalue weighted by Gasteiger charge is 2.18. The molecule has 0 spiro atoms. The van der Waals surface area contributed by atoms with Gasteiger partial charge in [0.05, 0.1) is 6.10 Å². The smallest absolute Gasteiger partial charge is 0.0882 e. The molecule has 0 saturated heterocycles. The average molecular weight is 224 g/mol. The molecule has 0 bridgehead atoms. The molecule has 2 rings (SSSR count). The van der Waals surface area contributed by atoms with Crippen LogP contribution in [0.5, 0.6) is 0 Å². The number of rotatable bonds is 4. The number of aliphatic hydroxyl groups excluding tert-OH is 1. The van der Waals surface area contributed by atoms with Crippen molar-refractivity contribution >= 4 is 11.3 Å². The van der Waals surface area contributed by atoms with Crippen molar-refractivity contribution in [2.45, 2.75) is 52.1 Å². The predicted octanol–water partition coefficient (Wildman–Crippen LogP) is 3.71. The minimum atomic E-state index is -0.219. The van der Waals surface area contributed by atoms with Gasteiger partial charge in [0.25, 0.3) is 0 Å². The third kappa shape index (κ3) is 2.61. The van der Waals surface area contributed by atoms with E-state index in [0.29, 0.717) is 5.92 Å². The van der Waals surface area contributed by atoms with Crippen LogP contribution in [0.2, 0.25) is 0 Å². The Morgan fingerprint density at radius 1 is 1.33 bits per heavy atom. The molecule has 1 aromatic heterocycles. The van der Waals surface area contributed by atoms with Crippen molar-refractivity contribution in [3.8, 4) is 0 Å². The van der Waals surface area contributed by atoms with Crippen LogP contribution in [0.4, 0.5) is 0 Å². The highest BCUT2D eigenvalue weighted by molar-refractivity contribution is 7.12. The lowest BCUT2D eigenvalue weighted by molar-refractivity contribution is 0.163. The molecule has 1 atom stereocenters. The third-order valence-electron chi connectivity index (χ3n) is 3.11. The normalized spacial score (nSPS) is 17.1. The van der Waals surface area contributed by atoms with E-state index in [1.807, 2.05) is 11.3 Å².